The Labute approximate surface area is 188 Å². The molecule has 0 bridgehead atoms. The van der Waals surface area contributed by atoms with Crippen LogP contribution in [-0.2, 0) is 14.8 Å². The van der Waals surface area contributed by atoms with Gasteiger partial charge in [0, 0.05) is 13.1 Å². The Morgan fingerprint density at radius 3 is 2.33 bits per heavy atom. The smallest absolute Gasteiger partial charge is 0.243 e. The fourth-order valence-electron chi connectivity index (χ4n) is 2.89. The standard InChI is InChI=1S/C21H26Cl2N2O4S/c1-4-25(5-2)30(27,28)17-11-9-16(10-12-17)15(3)24-20(26)13-14-29-19-8-6-7-18(22)21(19)23/h6-12,15H,4-5,13-14H2,1-3H3,(H,24,26). The van der Waals surface area contributed by atoms with Crippen molar-refractivity contribution < 1.29 is 17.9 Å². The molecule has 1 N–H and O–H groups in total. The van der Waals surface area contributed by atoms with Gasteiger partial charge in [-0.05, 0) is 36.8 Å². The highest BCUT2D eigenvalue weighted by Crippen LogP contribution is 2.31. The molecule has 6 nitrogen and oxygen atoms in total. The molecule has 2 rings (SSSR count). The predicted octanol–water partition coefficient (Wildman–Crippen LogP) is 4.67. The number of nitrogens with one attached hydrogen (secondary N) is 1. The lowest BCUT2D eigenvalue weighted by atomic mass is 10.1. The maximum absolute atomic E-state index is 12.6. The molecule has 0 aromatic heterocycles. The third-order valence-corrected chi connectivity index (χ3v) is 7.47. The summed E-state index contributed by atoms with van der Waals surface area (Å²) < 4.78 is 32.0. The number of halogens is 2. The van der Waals surface area contributed by atoms with E-state index in [1.807, 2.05) is 6.92 Å². The first kappa shape index (κ1) is 24.5. The summed E-state index contributed by atoms with van der Waals surface area (Å²) in [6.45, 7) is 6.42. The van der Waals surface area contributed by atoms with Gasteiger partial charge in [0.15, 0.2) is 0 Å². The number of rotatable bonds is 10. The summed E-state index contributed by atoms with van der Waals surface area (Å²) in [5, 5.41) is 3.57. The summed E-state index contributed by atoms with van der Waals surface area (Å²) in [6.07, 6.45) is 0.140. The van der Waals surface area contributed by atoms with Gasteiger partial charge in [0.05, 0.1) is 29.0 Å². The van der Waals surface area contributed by atoms with E-state index in [9.17, 15) is 13.2 Å². The third-order valence-electron chi connectivity index (χ3n) is 4.60. The Morgan fingerprint density at radius 2 is 1.73 bits per heavy atom. The zero-order valence-electron chi connectivity index (χ0n) is 17.2. The molecule has 30 heavy (non-hydrogen) atoms. The number of nitrogens with zero attached hydrogens (tertiary/aromatic N) is 1. The van der Waals surface area contributed by atoms with Gasteiger partial charge in [0.25, 0.3) is 0 Å². The van der Waals surface area contributed by atoms with Crippen molar-refractivity contribution in [2.45, 2.75) is 38.1 Å². The Morgan fingerprint density at radius 1 is 1.10 bits per heavy atom. The number of benzene rings is 2. The minimum absolute atomic E-state index is 0.140. The number of carbonyl (C=O) groups excluding carboxylic acids is 1. The topological polar surface area (TPSA) is 75.7 Å². The SMILES string of the molecule is CCN(CC)S(=O)(=O)c1ccc(C(C)NC(=O)CCOc2cccc(Cl)c2Cl)cc1. The van der Waals surface area contributed by atoms with Crippen LogP contribution in [0.1, 0.15) is 38.8 Å². The first-order chi connectivity index (χ1) is 14.2. The second kappa shape index (κ2) is 11.0. The number of hydrogen-bond donors (Lipinski definition) is 1. The van der Waals surface area contributed by atoms with Crippen LogP contribution < -0.4 is 10.1 Å². The van der Waals surface area contributed by atoms with Gasteiger partial charge in [0.1, 0.15) is 10.8 Å². The molecule has 0 radical (unpaired) electrons. The first-order valence-electron chi connectivity index (χ1n) is 9.67. The Balaban J connectivity index is 1.91. The molecule has 2 aromatic rings. The molecule has 0 spiro atoms. The van der Waals surface area contributed by atoms with E-state index in [2.05, 4.69) is 5.32 Å². The van der Waals surface area contributed by atoms with Crippen molar-refractivity contribution in [1.29, 1.82) is 0 Å². The van der Waals surface area contributed by atoms with Crippen molar-refractivity contribution in [1.82, 2.24) is 9.62 Å². The molecule has 0 fully saturated rings. The molecule has 1 unspecified atom stereocenters. The van der Waals surface area contributed by atoms with Crippen LogP contribution in [-0.4, -0.2) is 38.3 Å². The van der Waals surface area contributed by atoms with Gasteiger partial charge in [-0.15, -0.1) is 0 Å². The zero-order valence-corrected chi connectivity index (χ0v) is 19.5. The Hall–Kier alpha value is -1.80. The maximum atomic E-state index is 12.6. The van der Waals surface area contributed by atoms with Crippen molar-refractivity contribution in [2.24, 2.45) is 0 Å². The molecule has 2 aromatic carbocycles. The van der Waals surface area contributed by atoms with E-state index in [1.54, 1.807) is 56.3 Å². The van der Waals surface area contributed by atoms with Crippen LogP contribution in [0.15, 0.2) is 47.4 Å². The fourth-order valence-corrected chi connectivity index (χ4v) is 4.69. The van der Waals surface area contributed by atoms with E-state index < -0.39 is 10.0 Å². The van der Waals surface area contributed by atoms with Gasteiger partial charge in [0.2, 0.25) is 15.9 Å². The number of hydrogen-bond acceptors (Lipinski definition) is 4. The fraction of sp³-hybridized carbons (Fsp3) is 0.381. The number of amides is 1. The summed E-state index contributed by atoms with van der Waals surface area (Å²) in [6, 6.07) is 11.3. The van der Waals surface area contributed by atoms with E-state index in [4.69, 9.17) is 27.9 Å². The highest BCUT2D eigenvalue weighted by Gasteiger charge is 2.21. The van der Waals surface area contributed by atoms with Crippen molar-refractivity contribution >= 4 is 39.1 Å². The van der Waals surface area contributed by atoms with Crippen LogP contribution in [0.3, 0.4) is 0 Å². The lowest BCUT2D eigenvalue weighted by Gasteiger charge is -2.19. The monoisotopic (exact) mass is 472 g/mol. The summed E-state index contributed by atoms with van der Waals surface area (Å²) in [5.74, 6) is 0.232. The largest absolute Gasteiger partial charge is 0.491 e. The van der Waals surface area contributed by atoms with E-state index in [-0.39, 0.29) is 29.9 Å². The van der Waals surface area contributed by atoms with Crippen molar-refractivity contribution in [3.8, 4) is 5.75 Å². The lowest BCUT2D eigenvalue weighted by molar-refractivity contribution is -0.122. The predicted molar refractivity (Wildman–Crippen MR) is 120 cm³/mol. The first-order valence-corrected chi connectivity index (χ1v) is 11.9. The van der Waals surface area contributed by atoms with E-state index in [1.165, 1.54) is 4.31 Å². The molecule has 0 saturated heterocycles. The van der Waals surface area contributed by atoms with E-state index in [0.29, 0.717) is 28.9 Å². The van der Waals surface area contributed by atoms with E-state index in [0.717, 1.165) is 5.56 Å². The average Bonchev–Trinajstić information content (AvgIpc) is 2.72. The van der Waals surface area contributed by atoms with Crippen LogP contribution in [0.25, 0.3) is 0 Å². The van der Waals surface area contributed by atoms with Crippen LogP contribution in [0.5, 0.6) is 5.75 Å². The molecular weight excluding hydrogens is 447 g/mol. The second-order valence-electron chi connectivity index (χ2n) is 6.60. The Bertz CT molecular complexity index is 961. The number of ether oxygens (including phenoxy) is 1. The van der Waals surface area contributed by atoms with Crippen LogP contribution in [0.4, 0.5) is 0 Å². The minimum atomic E-state index is -3.50. The molecular formula is C21H26Cl2N2O4S. The quantitative estimate of drug-likeness (QED) is 0.544. The van der Waals surface area contributed by atoms with Gasteiger partial charge in [-0.1, -0.05) is 55.2 Å². The van der Waals surface area contributed by atoms with Crippen molar-refractivity contribution in [3.05, 3.63) is 58.1 Å². The molecule has 1 atom stereocenters. The third kappa shape index (κ3) is 6.11. The summed E-state index contributed by atoms with van der Waals surface area (Å²) in [4.78, 5) is 12.4. The number of sulfonamides is 1. The minimum Gasteiger partial charge on any atom is -0.491 e. The van der Waals surface area contributed by atoms with Crippen molar-refractivity contribution in [3.63, 3.8) is 0 Å². The number of carbonyl (C=O) groups is 1. The summed E-state index contributed by atoms with van der Waals surface area (Å²) in [7, 11) is -3.50. The van der Waals surface area contributed by atoms with Gasteiger partial charge >= 0.3 is 0 Å². The summed E-state index contributed by atoms with van der Waals surface area (Å²) in [5.41, 5.74) is 0.806. The van der Waals surface area contributed by atoms with Crippen LogP contribution in [0.2, 0.25) is 10.0 Å². The molecule has 164 valence electrons. The van der Waals surface area contributed by atoms with Gasteiger partial charge in [-0.2, -0.15) is 4.31 Å². The summed E-state index contributed by atoms with van der Waals surface area (Å²) >= 11 is 12.0. The van der Waals surface area contributed by atoms with Gasteiger partial charge < -0.3 is 10.1 Å². The molecule has 1 amide bonds. The highest BCUT2D eigenvalue weighted by atomic mass is 35.5. The maximum Gasteiger partial charge on any atom is 0.243 e. The van der Waals surface area contributed by atoms with Crippen LogP contribution in [0, 0.1) is 0 Å². The highest BCUT2D eigenvalue weighted by molar-refractivity contribution is 7.89. The molecule has 0 heterocycles. The average molecular weight is 473 g/mol. The van der Waals surface area contributed by atoms with Gasteiger partial charge in [-0.3, -0.25) is 4.79 Å². The molecule has 0 aliphatic rings. The lowest BCUT2D eigenvalue weighted by Crippen LogP contribution is -2.30. The van der Waals surface area contributed by atoms with Crippen LogP contribution >= 0.6 is 23.2 Å². The molecule has 9 heteroatoms. The molecule has 0 aliphatic carbocycles. The molecule has 0 saturated carbocycles. The normalized spacial score (nSPS) is 12.6. The second-order valence-corrected chi connectivity index (χ2v) is 9.32. The van der Waals surface area contributed by atoms with Gasteiger partial charge in [-0.25, -0.2) is 8.42 Å². The van der Waals surface area contributed by atoms with Crippen molar-refractivity contribution in [2.75, 3.05) is 19.7 Å². The van der Waals surface area contributed by atoms with E-state index >= 15 is 0 Å². The Kier molecular flexibility index (Phi) is 8.97. The zero-order chi connectivity index (χ0) is 22.3. The molecule has 0 aliphatic heterocycles.